The van der Waals surface area contributed by atoms with Crippen molar-refractivity contribution >= 4 is 40.5 Å². The third-order valence-electron chi connectivity index (χ3n) is 5.35. The van der Waals surface area contributed by atoms with Gasteiger partial charge in [-0.3, -0.25) is 9.79 Å². The van der Waals surface area contributed by atoms with Crippen molar-refractivity contribution < 1.29 is 9.18 Å². The van der Waals surface area contributed by atoms with E-state index in [9.17, 15) is 9.18 Å². The average molecular weight is 488 g/mol. The lowest BCUT2D eigenvalue weighted by Crippen LogP contribution is -2.07. The van der Waals surface area contributed by atoms with E-state index in [0.717, 1.165) is 16.8 Å². The Kier molecular flexibility index (Phi) is 6.89. The molecule has 0 fully saturated rings. The normalized spacial score (nSPS) is 11.8. The summed E-state index contributed by atoms with van der Waals surface area (Å²) in [6.45, 7) is 1.76. The molecule has 1 aromatic heterocycles. The zero-order valence-corrected chi connectivity index (χ0v) is 18.9. The molecule has 0 unspecified atom stereocenters. The number of carbonyl (C=O) groups excluding carboxylic acids is 1. The van der Waals surface area contributed by atoms with Crippen LogP contribution in [-0.2, 0) is 11.3 Å². The largest absolute Gasteiger partial charge is 0.326 e. The standard InChI is InChI=1S/C26H19ClFN5O.CH4/c1-15(34)31-18-7-9-19(10-8-18)32-26-30-14-16-13-29-25(21-4-2-3-5-23(21)28)22-12-17(27)6-11-20(22)24(16)33-26;/h2-12,14H,13H2,1H3,(H,31,34)(H,30,32,33);1H4. The van der Waals surface area contributed by atoms with Crippen molar-refractivity contribution in [2.45, 2.75) is 20.9 Å². The number of anilines is 3. The van der Waals surface area contributed by atoms with Gasteiger partial charge in [-0.15, -0.1) is 0 Å². The summed E-state index contributed by atoms with van der Waals surface area (Å²) in [4.78, 5) is 25.1. The zero-order valence-electron chi connectivity index (χ0n) is 18.1. The molecule has 4 aromatic rings. The molecule has 0 atom stereocenters. The summed E-state index contributed by atoms with van der Waals surface area (Å²) in [5.74, 6) is -0.0823. The van der Waals surface area contributed by atoms with Gasteiger partial charge in [0.05, 0.1) is 18.0 Å². The van der Waals surface area contributed by atoms with E-state index in [1.807, 2.05) is 18.2 Å². The summed E-state index contributed by atoms with van der Waals surface area (Å²) in [5, 5.41) is 6.45. The number of amides is 1. The van der Waals surface area contributed by atoms with Crippen LogP contribution < -0.4 is 10.6 Å². The van der Waals surface area contributed by atoms with Gasteiger partial charge >= 0.3 is 0 Å². The summed E-state index contributed by atoms with van der Waals surface area (Å²) in [5.41, 5.74) is 5.43. The Morgan fingerprint density at radius 3 is 2.46 bits per heavy atom. The van der Waals surface area contributed by atoms with Gasteiger partial charge in [0, 0.05) is 51.8 Å². The topological polar surface area (TPSA) is 79.3 Å². The smallest absolute Gasteiger partial charge is 0.227 e. The Balaban J connectivity index is 0.00000289. The first-order valence-corrected chi connectivity index (χ1v) is 11.0. The number of carbonyl (C=O) groups is 1. The molecule has 0 bridgehead atoms. The van der Waals surface area contributed by atoms with E-state index < -0.39 is 0 Å². The number of hydrogen-bond donors (Lipinski definition) is 2. The van der Waals surface area contributed by atoms with Crippen molar-refractivity contribution in [3.63, 3.8) is 0 Å². The lowest BCUT2D eigenvalue weighted by Gasteiger charge is -2.13. The van der Waals surface area contributed by atoms with Gasteiger partial charge in [0.25, 0.3) is 0 Å². The first kappa shape index (κ1) is 24.0. The summed E-state index contributed by atoms with van der Waals surface area (Å²) in [6, 6.07) is 19.2. The molecule has 8 heteroatoms. The van der Waals surface area contributed by atoms with Crippen LogP contribution in [0.15, 0.2) is 77.9 Å². The lowest BCUT2D eigenvalue weighted by atomic mass is 9.95. The second-order valence-corrected chi connectivity index (χ2v) is 8.22. The number of nitrogens with zero attached hydrogens (tertiary/aromatic N) is 3. The van der Waals surface area contributed by atoms with Crippen molar-refractivity contribution in [3.05, 3.63) is 100 Å². The van der Waals surface area contributed by atoms with Gasteiger partial charge < -0.3 is 10.6 Å². The van der Waals surface area contributed by atoms with Crippen LogP contribution in [0.3, 0.4) is 0 Å². The van der Waals surface area contributed by atoms with Gasteiger partial charge in [-0.2, -0.15) is 0 Å². The number of halogens is 2. The molecule has 0 spiro atoms. The van der Waals surface area contributed by atoms with Crippen LogP contribution in [0.2, 0.25) is 5.02 Å². The molecule has 1 amide bonds. The molecule has 0 radical (unpaired) electrons. The van der Waals surface area contributed by atoms with Gasteiger partial charge in [0.15, 0.2) is 0 Å². The van der Waals surface area contributed by atoms with Crippen LogP contribution in [0.25, 0.3) is 11.3 Å². The van der Waals surface area contributed by atoms with Crippen LogP contribution in [0.1, 0.15) is 31.0 Å². The summed E-state index contributed by atoms with van der Waals surface area (Å²) < 4.78 is 14.7. The van der Waals surface area contributed by atoms with Gasteiger partial charge in [-0.1, -0.05) is 37.2 Å². The van der Waals surface area contributed by atoms with Crippen LogP contribution in [0.5, 0.6) is 0 Å². The van der Waals surface area contributed by atoms with Gasteiger partial charge in [0.1, 0.15) is 5.82 Å². The molecule has 5 rings (SSSR count). The Labute approximate surface area is 207 Å². The average Bonchev–Trinajstić information content (AvgIpc) is 2.97. The molecule has 0 saturated heterocycles. The molecule has 2 heterocycles. The molecule has 2 N–H and O–H groups in total. The minimum atomic E-state index is -0.353. The number of benzene rings is 3. The van der Waals surface area contributed by atoms with Gasteiger partial charge in [-0.25, -0.2) is 14.4 Å². The Hall–Kier alpha value is -4.10. The number of hydrogen-bond acceptors (Lipinski definition) is 5. The van der Waals surface area contributed by atoms with E-state index in [0.29, 0.717) is 45.7 Å². The summed E-state index contributed by atoms with van der Waals surface area (Å²) in [7, 11) is 0. The molecule has 3 aromatic carbocycles. The van der Waals surface area contributed by atoms with E-state index in [1.165, 1.54) is 13.0 Å². The lowest BCUT2D eigenvalue weighted by molar-refractivity contribution is -0.114. The van der Waals surface area contributed by atoms with Crippen LogP contribution in [0, 0.1) is 5.82 Å². The van der Waals surface area contributed by atoms with E-state index in [1.54, 1.807) is 48.7 Å². The van der Waals surface area contributed by atoms with Gasteiger partial charge in [0.2, 0.25) is 11.9 Å². The monoisotopic (exact) mass is 487 g/mol. The van der Waals surface area contributed by atoms with Crippen molar-refractivity contribution in [1.82, 2.24) is 9.97 Å². The fourth-order valence-electron chi connectivity index (χ4n) is 3.84. The van der Waals surface area contributed by atoms with Crippen LogP contribution in [0.4, 0.5) is 21.7 Å². The van der Waals surface area contributed by atoms with Crippen LogP contribution >= 0.6 is 11.6 Å². The number of nitrogens with one attached hydrogen (secondary N) is 2. The van der Waals surface area contributed by atoms with E-state index in [2.05, 4.69) is 15.6 Å². The van der Waals surface area contributed by atoms with E-state index in [-0.39, 0.29) is 19.2 Å². The summed E-state index contributed by atoms with van der Waals surface area (Å²) >= 11 is 6.31. The Morgan fingerprint density at radius 2 is 1.71 bits per heavy atom. The molecule has 6 nitrogen and oxygen atoms in total. The molecular formula is C27H23ClFN5O. The van der Waals surface area contributed by atoms with Crippen molar-refractivity contribution in [3.8, 4) is 11.3 Å². The van der Waals surface area contributed by atoms with Crippen molar-refractivity contribution in [2.75, 3.05) is 10.6 Å². The summed E-state index contributed by atoms with van der Waals surface area (Å²) in [6.07, 6.45) is 1.72. The zero-order chi connectivity index (χ0) is 23.7. The maximum Gasteiger partial charge on any atom is 0.227 e. The second kappa shape index (κ2) is 10.0. The van der Waals surface area contributed by atoms with Crippen molar-refractivity contribution in [2.24, 2.45) is 4.99 Å². The highest BCUT2D eigenvalue weighted by Gasteiger charge is 2.23. The quantitative estimate of drug-likeness (QED) is 0.339. The highest BCUT2D eigenvalue weighted by atomic mass is 35.5. The Bertz CT molecular complexity index is 1440. The fraction of sp³-hybridized carbons (Fsp3) is 0.111. The molecule has 0 saturated carbocycles. The predicted molar refractivity (Wildman–Crippen MR) is 139 cm³/mol. The fourth-order valence-corrected chi connectivity index (χ4v) is 4.01. The predicted octanol–water partition coefficient (Wildman–Crippen LogP) is 6.63. The van der Waals surface area contributed by atoms with E-state index in [4.69, 9.17) is 21.6 Å². The minimum absolute atomic E-state index is 0. The number of aromatic nitrogens is 2. The van der Waals surface area contributed by atoms with E-state index >= 15 is 0 Å². The highest BCUT2D eigenvalue weighted by Crippen LogP contribution is 2.34. The number of fused-ring (bicyclic) bond motifs is 3. The molecular weight excluding hydrogens is 465 g/mol. The third-order valence-corrected chi connectivity index (χ3v) is 5.59. The molecule has 1 aliphatic rings. The molecule has 1 aliphatic heterocycles. The van der Waals surface area contributed by atoms with Gasteiger partial charge in [-0.05, 0) is 48.5 Å². The minimum Gasteiger partial charge on any atom is -0.326 e. The molecule has 176 valence electrons. The van der Waals surface area contributed by atoms with Crippen LogP contribution in [-0.4, -0.2) is 21.6 Å². The maximum absolute atomic E-state index is 14.7. The molecule has 35 heavy (non-hydrogen) atoms. The Morgan fingerprint density at radius 1 is 0.971 bits per heavy atom. The molecule has 0 aliphatic carbocycles. The SMILES string of the molecule is C.CC(=O)Nc1ccc(Nc2ncc3c(n2)-c2ccc(Cl)cc2C(c2ccccc2F)=NC3)cc1. The third kappa shape index (κ3) is 5.05. The number of rotatable bonds is 4. The number of aliphatic imine (C=N–C) groups is 1. The van der Waals surface area contributed by atoms with Crippen molar-refractivity contribution in [1.29, 1.82) is 0 Å². The first-order chi connectivity index (χ1) is 16.5. The first-order valence-electron chi connectivity index (χ1n) is 10.6. The second-order valence-electron chi connectivity index (χ2n) is 7.79. The maximum atomic E-state index is 14.7. The highest BCUT2D eigenvalue weighted by molar-refractivity contribution is 6.31.